The zero-order valence-electron chi connectivity index (χ0n) is 7.35. The summed E-state index contributed by atoms with van der Waals surface area (Å²) in [5.74, 6) is -1.56. The fourth-order valence-corrected chi connectivity index (χ4v) is 1.47. The average molecular weight is 194 g/mol. The van der Waals surface area contributed by atoms with Crippen molar-refractivity contribution in [3.63, 3.8) is 0 Å². The Morgan fingerprint density at radius 2 is 1.93 bits per heavy atom. The summed E-state index contributed by atoms with van der Waals surface area (Å²) in [5, 5.41) is 11.5. The van der Waals surface area contributed by atoms with Crippen LogP contribution in [-0.2, 0) is 0 Å². The normalized spacial score (nSPS) is 19.9. The van der Waals surface area contributed by atoms with Crippen LogP contribution >= 0.6 is 0 Å². The van der Waals surface area contributed by atoms with Gasteiger partial charge in [-0.25, -0.2) is 8.78 Å². The lowest BCUT2D eigenvalue weighted by Gasteiger charge is -2.28. The molecule has 0 radical (unpaired) electrons. The van der Waals surface area contributed by atoms with Crippen molar-refractivity contribution in [1.29, 1.82) is 5.26 Å². The van der Waals surface area contributed by atoms with Gasteiger partial charge in [-0.05, 0) is 30.7 Å². The Kier molecular flexibility index (Phi) is 2.18. The zero-order chi connectivity index (χ0) is 10.1. The van der Waals surface area contributed by atoms with Gasteiger partial charge in [-0.1, -0.05) is 0 Å². The van der Waals surface area contributed by atoms with E-state index < -0.39 is 17.2 Å². The lowest BCUT2D eigenvalue weighted by Crippen LogP contribution is -2.35. The monoisotopic (exact) mass is 194 g/mol. The number of rotatable bonds is 1. The molecule has 72 valence electrons. The highest BCUT2D eigenvalue weighted by molar-refractivity contribution is 5.36. The Morgan fingerprint density at radius 1 is 1.36 bits per heavy atom. The third-order valence-corrected chi connectivity index (χ3v) is 2.40. The first-order chi connectivity index (χ1) is 6.72. The van der Waals surface area contributed by atoms with Crippen LogP contribution in [0, 0.1) is 23.0 Å². The number of nitrogens with zero attached hydrogens (tertiary/aromatic N) is 1. The molecular weight excluding hydrogens is 186 g/mol. The van der Waals surface area contributed by atoms with E-state index >= 15 is 0 Å². The third kappa shape index (κ3) is 1.36. The molecule has 1 N–H and O–H groups in total. The Bertz CT molecular complexity index is 382. The average Bonchev–Trinajstić information content (AvgIpc) is 2.00. The van der Waals surface area contributed by atoms with E-state index in [1.807, 2.05) is 0 Å². The van der Waals surface area contributed by atoms with Gasteiger partial charge in [-0.3, -0.25) is 0 Å². The van der Waals surface area contributed by atoms with E-state index in [9.17, 15) is 8.78 Å². The van der Waals surface area contributed by atoms with Crippen molar-refractivity contribution in [3.8, 4) is 6.07 Å². The maximum atomic E-state index is 13.1. The molecule has 1 heterocycles. The van der Waals surface area contributed by atoms with E-state index in [0.29, 0.717) is 5.56 Å². The molecule has 14 heavy (non-hydrogen) atoms. The first-order valence-corrected chi connectivity index (χ1v) is 4.35. The summed E-state index contributed by atoms with van der Waals surface area (Å²) in [7, 11) is 0. The molecule has 1 unspecified atom stereocenters. The van der Waals surface area contributed by atoms with Crippen molar-refractivity contribution in [3.05, 3.63) is 34.9 Å². The Hall–Kier alpha value is -1.47. The van der Waals surface area contributed by atoms with Crippen molar-refractivity contribution in [2.24, 2.45) is 0 Å². The predicted molar refractivity (Wildman–Crippen MR) is 46.4 cm³/mol. The van der Waals surface area contributed by atoms with Gasteiger partial charge in [0.2, 0.25) is 0 Å². The van der Waals surface area contributed by atoms with Crippen molar-refractivity contribution in [2.75, 3.05) is 6.54 Å². The Labute approximate surface area is 80.2 Å². The number of halogens is 2. The number of hydrogen-bond acceptors (Lipinski definition) is 2. The summed E-state index contributed by atoms with van der Waals surface area (Å²) < 4.78 is 26.3. The van der Waals surface area contributed by atoms with E-state index in [4.69, 9.17) is 5.26 Å². The fraction of sp³-hybridized carbons (Fsp3) is 0.300. The van der Waals surface area contributed by atoms with Crippen LogP contribution in [-0.4, -0.2) is 6.54 Å². The Balaban J connectivity index is 2.41. The summed E-state index contributed by atoms with van der Waals surface area (Å²) in [5.41, 5.74) is 0.0679. The van der Waals surface area contributed by atoms with Crippen molar-refractivity contribution >= 4 is 0 Å². The van der Waals surface area contributed by atoms with Gasteiger partial charge in [0, 0.05) is 6.04 Å². The molecule has 1 aliphatic rings. The van der Waals surface area contributed by atoms with E-state index in [1.54, 1.807) is 0 Å². The minimum Gasteiger partial charge on any atom is -0.310 e. The molecule has 1 aromatic rings. The SMILES string of the molecule is N#Cc1c(F)cc(C2CCN2)cc1F. The molecule has 1 aliphatic heterocycles. The number of nitrogens with one attached hydrogen (secondary N) is 1. The van der Waals surface area contributed by atoms with Crippen molar-refractivity contribution in [2.45, 2.75) is 12.5 Å². The summed E-state index contributed by atoms with van der Waals surface area (Å²) in [6, 6.07) is 3.97. The van der Waals surface area contributed by atoms with Gasteiger partial charge < -0.3 is 5.32 Å². The quantitative estimate of drug-likeness (QED) is 0.740. The molecule has 0 bridgehead atoms. The summed E-state index contributed by atoms with van der Waals surface area (Å²) in [4.78, 5) is 0. The van der Waals surface area contributed by atoms with Crippen LogP contribution in [0.2, 0.25) is 0 Å². The summed E-state index contributed by atoms with van der Waals surface area (Å²) >= 11 is 0. The lowest BCUT2D eigenvalue weighted by atomic mass is 9.96. The van der Waals surface area contributed by atoms with E-state index in [0.717, 1.165) is 13.0 Å². The standard InChI is InChI=1S/C10H8F2N2/c11-8-3-6(10-1-2-14-10)4-9(12)7(8)5-13/h3-4,10,14H,1-2H2. The topological polar surface area (TPSA) is 35.8 Å². The molecule has 0 saturated carbocycles. The zero-order valence-corrected chi connectivity index (χ0v) is 7.35. The highest BCUT2D eigenvalue weighted by Crippen LogP contribution is 2.25. The molecule has 1 saturated heterocycles. The second-order valence-corrected chi connectivity index (χ2v) is 3.27. The molecule has 1 fully saturated rings. The molecule has 2 nitrogen and oxygen atoms in total. The molecule has 0 spiro atoms. The van der Waals surface area contributed by atoms with Gasteiger partial charge in [-0.2, -0.15) is 5.26 Å². The van der Waals surface area contributed by atoms with Crippen molar-refractivity contribution < 1.29 is 8.78 Å². The number of benzene rings is 1. The van der Waals surface area contributed by atoms with E-state index in [2.05, 4.69) is 5.32 Å². The van der Waals surface area contributed by atoms with E-state index in [1.165, 1.54) is 18.2 Å². The smallest absolute Gasteiger partial charge is 0.144 e. The van der Waals surface area contributed by atoms with Crippen LogP contribution in [0.4, 0.5) is 8.78 Å². The van der Waals surface area contributed by atoms with Gasteiger partial charge >= 0.3 is 0 Å². The van der Waals surface area contributed by atoms with Crippen molar-refractivity contribution in [1.82, 2.24) is 5.32 Å². The first-order valence-electron chi connectivity index (χ1n) is 4.35. The molecule has 0 aromatic heterocycles. The molecule has 0 amide bonds. The minimum absolute atomic E-state index is 0.0340. The van der Waals surface area contributed by atoms with E-state index in [-0.39, 0.29) is 6.04 Å². The fourth-order valence-electron chi connectivity index (χ4n) is 1.47. The van der Waals surface area contributed by atoms with Gasteiger partial charge in [0.1, 0.15) is 23.3 Å². The Morgan fingerprint density at radius 3 is 2.29 bits per heavy atom. The summed E-state index contributed by atoms with van der Waals surface area (Å²) in [6.45, 7) is 0.869. The largest absolute Gasteiger partial charge is 0.310 e. The molecular formula is C10H8F2N2. The second-order valence-electron chi connectivity index (χ2n) is 3.27. The van der Waals surface area contributed by atoms with Gasteiger partial charge in [0.15, 0.2) is 0 Å². The van der Waals surface area contributed by atoms with Gasteiger partial charge in [0.05, 0.1) is 0 Å². The van der Waals surface area contributed by atoms with Crippen LogP contribution < -0.4 is 5.32 Å². The second kappa shape index (κ2) is 3.35. The minimum atomic E-state index is -0.781. The molecule has 0 aliphatic carbocycles. The third-order valence-electron chi connectivity index (χ3n) is 2.40. The molecule has 1 atom stereocenters. The van der Waals surface area contributed by atoms with Crippen LogP contribution in [0.15, 0.2) is 12.1 Å². The first kappa shape index (κ1) is 9.10. The maximum Gasteiger partial charge on any atom is 0.144 e. The maximum absolute atomic E-state index is 13.1. The van der Waals surface area contributed by atoms with Crippen LogP contribution in [0.3, 0.4) is 0 Å². The predicted octanol–water partition coefficient (Wildman–Crippen LogP) is 1.87. The van der Waals surface area contributed by atoms with Crippen LogP contribution in [0.25, 0.3) is 0 Å². The van der Waals surface area contributed by atoms with Gasteiger partial charge in [-0.15, -0.1) is 0 Å². The molecule has 2 rings (SSSR count). The highest BCUT2D eigenvalue weighted by Gasteiger charge is 2.21. The number of hydrogen-bond donors (Lipinski definition) is 1. The van der Waals surface area contributed by atoms with Crippen LogP contribution in [0.5, 0.6) is 0 Å². The number of nitriles is 1. The lowest BCUT2D eigenvalue weighted by molar-refractivity contribution is 0.380. The van der Waals surface area contributed by atoms with Gasteiger partial charge in [0.25, 0.3) is 0 Å². The molecule has 1 aromatic carbocycles. The van der Waals surface area contributed by atoms with Crippen LogP contribution in [0.1, 0.15) is 23.6 Å². The summed E-state index contributed by atoms with van der Waals surface area (Å²) in [6.07, 6.45) is 0.880. The highest BCUT2D eigenvalue weighted by atomic mass is 19.1. The molecule has 4 heteroatoms.